The number of rotatable bonds is 4. The summed E-state index contributed by atoms with van der Waals surface area (Å²) in [5.74, 6) is 0.299. The second-order valence-corrected chi connectivity index (χ2v) is 5.34. The molecule has 1 aliphatic heterocycles. The average molecular weight is 350 g/mol. The lowest BCUT2D eigenvalue weighted by atomic mass is 10.2. The number of halogens is 3. The Bertz CT molecular complexity index is 790. The van der Waals surface area contributed by atoms with Gasteiger partial charge < -0.3 is 4.74 Å². The summed E-state index contributed by atoms with van der Waals surface area (Å²) < 4.78 is 42.7. The highest BCUT2D eigenvalue weighted by atomic mass is 19.4. The molecule has 8 heteroatoms. The van der Waals surface area contributed by atoms with E-state index in [0.29, 0.717) is 36.7 Å². The summed E-state index contributed by atoms with van der Waals surface area (Å²) in [6.45, 7) is 0.993. The van der Waals surface area contributed by atoms with E-state index in [4.69, 9.17) is 4.74 Å². The molecule has 2 amide bonds. The molecule has 0 radical (unpaired) electrons. The number of amides is 2. The molecule has 0 bridgehead atoms. The normalized spacial score (nSPS) is 14.8. The van der Waals surface area contributed by atoms with Crippen molar-refractivity contribution in [1.82, 2.24) is 0 Å². The Kier molecular flexibility index (Phi) is 4.35. The largest absolute Gasteiger partial charge is 0.429 e. The second kappa shape index (κ2) is 6.46. The van der Waals surface area contributed by atoms with Crippen molar-refractivity contribution in [3.8, 4) is 5.75 Å². The lowest BCUT2D eigenvalue weighted by Crippen LogP contribution is -2.31. The zero-order valence-corrected chi connectivity index (χ0v) is 12.9. The lowest BCUT2D eigenvalue weighted by molar-refractivity contribution is -0.137. The van der Waals surface area contributed by atoms with E-state index in [9.17, 15) is 22.8 Å². The predicted molar refractivity (Wildman–Crippen MR) is 84.7 cm³/mol. The highest BCUT2D eigenvalue weighted by Gasteiger charge is 2.33. The molecule has 0 spiro atoms. The van der Waals surface area contributed by atoms with Crippen LogP contribution >= 0.6 is 0 Å². The molecule has 0 atom stereocenters. The third-order valence-corrected chi connectivity index (χ3v) is 3.83. The topological polar surface area (TPSA) is 49.9 Å². The van der Waals surface area contributed by atoms with Crippen LogP contribution in [0.15, 0.2) is 48.5 Å². The molecule has 0 aromatic heterocycles. The molecular weight excluding hydrogens is 337 g/mol. The van der Waals surface area contributed by atoms with Crippen LogP contribution in [0.2, 0.25) is 0 Å². The molecule has 0 aliphatic carbocycles. The van der Waals surface area contributed by atoms with Crippen LogP contribution in [0.3, 0.4) is 0 Å². The Labute approximate surface area is 141 Å². The van der Waals surface area contributed by atoms with Crippen LogP contribution in [-0.4, -0.2) is 25.6 Å². The van der Waals surface area contributed by atoms with Crippen LogP contribution in [0.5, 0.6) is 5.75 Å². The van der Waals surface area contributed by atoms with Crippen molar-refractivity contribution < 1.29 is 27.5 Å². The first kappa shape index (κ1) is 16.8. The molecular formula is C17H13F3N2O3. The van der Waals surface area contributed by atoms with E-state index in [1.165, 1.54) is 21.9 Å². The highest BCUT2D eigenvalue weighted by molar-refractivity contribution is 6.06. The average Bonchev–Trinajstić information content (AvgIpc) is 2.96. The summed E-state index contributed by atoms with van der Waals surface area (Å²) in [5.41, 5.74) is 0.165. The summed E-state index contributed by atoms with van der Waals surface area (Å²) in [7, 11) is 0. The van der Waals surface area contributed by atoms with Gasteiger partial charge in [0.05, 0.1) is 5.56 Å². The number of benzene rings is 2. The third-order valence-electron chi connectivity index (χ3n) is 3.83. The Balaban J connectivity index is 1.80. The zero-order chi connectivity index (χ0) is 18.0. The molecule has 0 N–H and O–H groups in total. The fraction of sp³-hybridized carbons (Fsp3) is 0.176. The molecule has 1 heterocycles. The number of nitrogens with zero attached hydrogens (tertiary/aromatic N) is 2. The summed E-state index contributed by atoms with van der Waals surface area (Å²) in [6.07, 6.45) is -4.42. The quantitative estimate of drug-likeness (QED) is 0.791. The Morgan fingerprint density at radius 3 is 2.20 bits per heavy atom. The Morgan fingerprint density at radius 2 is 1.60 bits per heavy atom. The molecule has 130 valence electrons. The van der Waals surface area contributed by atoms with E-state index in [0.717, 1.165) is 12.1 Å². The van der Waals surface area contributed by atoms with Crippen LogP contribution < -0.4 is 14.5 Å². The SMILES string of the molecule is O=COc1cccc(N2CCN(c3ccc(C(F)(F)F)cc3)C2=O)c1. The fourth-order valence-electron chi connectivity index (χ4n) is 2.63. The second-order valence-electron chi connectivity index (χ2n) is 5.34. The smallest absolute Gasteiger partial charge is 0.416 e. The van der Waals surface area contributed by atoms with Gasteiger partial charge >= 0.3 is 12.2 Å². The van der Waals surface area contributed by atoms with Gasteiger partial charge in [-0.05, 0) is 36.4 Å². The van der Waals surface area contributed by atoms with Crippen molar-refractivity contribution in [2.45, 2.75) is 6.18 Å². The van der Waals surface area contributed by atoms with Gasteiger partial charge in [-0.2, -0.15) is 13.2 Å². The fourth-order valence-corrected chi connectivity index (χ4v) is 2.63. The van der Waals surface area contributed by atoms with Gasteiger partial charge in [-0.1, -0.05) is 6.07 Å². The van der Waals surface area contributed by atoms with Gasteiger partial charge in [0, 0.05) is 30.5 Å². The molecule has 0 unspecified atom stereocenters. The minimum Gasteiger partial charge on any atom is -0.429 e. The van der Waals surface area contributed by atoms with Gasteiger partial charge in [-0.3, -0.25) is 14.6 Å². The van der Waals surface area contributed by atoms with E-state index in [1.54, 1.807) is 24.3 Å². The summed E-state index contributed by atoms with van der Waals surface area (Å²) in [4.78, 5) is 25.9. The van der Waals surface area contributed by atoms with Crippen molar-refractivity contribution in [1.29, 1.82) is 0 Å². The predicted octanol–water partition coefficient (Wildman–Crippen LogP) is 3.69. The minimum absolute atomic E-state index is 0.291. The first-order valence-electron chi connectivity index (χ1n) is 7.37. The van der Waals surface area contributed by atoms with Gasteiger partial charge in [-0.25, -0.2) is 4.79 Å². The molecule has 2 aromatic rings. The molecule has 25 heavy (non-hydrogen) atoms. The standard InChI is InChI=1S/C17H13F3N2O3/c18-17(19,20)12-4-6-13(7-5-12)21-8-9-22(16(21)24)14-2-1-3-15(10-14)25-11-23/h1-7,10-11H,8-9H2. The molecule has 0 saturated carbocycles. The number of urea groups is 1. The third kappa shape index (κ3) is 3.42. The molecule has 3 rings (SSSR count). The number of hydrogen-bond donors (Lipinski definition) is 0. The summed E-state index contributed by atoms with van der Waals surface area (Å²) in [5, 5.41) is 0. The summed E-state index contributed by atoms with van der Waals surface area (Å²) in [6, 6.07) is 10.5. The Hall–Kier alpha value is -3.03. The van der Waals surface area contributed by atoms with E-state index in [1.807, 2.05) is 0 Å². The molecule has 5 nitrogen and oxygen atoms in total. The van der Waals surface area contributed by atoms with Crippen molar-refractivity contribution in [3.05, 3.63) is 54.1 Å². The molecule has 1 fully saturated rings. The van der Waals surface area contributed by atoms with Crippen molar-refractivity contribution in [2.75, 3.05) is 22.9 Å². The number of alkyl halides is 3. The van der Waals surface area contributed by atoms with Gasteiger partial charge in [-0.15, -0.1) is 0 Å². The summed E-state index contributed by atoms with van der Waals surface area (Å²) >= 11 is 0. The number of carbonyl (C=O) groups excluding carboxylic acids is 2. The van der Waals surface area contributed by atoms with E-state index in [-0.39, 0.29) is 6.03 Å². The van der Waals surface area contributed by atoms with Crippen LogP contribution in [-0.2, 0) is 11.0 Å². The maximum Gasteiger partial charge on any atom is 0.416 e. The van der Waals surface area contributed by atoms with Crippen molar-refractivity contribution in [3.63, 3.8) is 0 Å². The van der Waals surface area contributed by atoms with Crippen LogP contribution in [0.4, 0.5) is 29.3 Å². The minimum atomic E-state index is -4.42. The van der Waals surface area contributed by atoms with Gasteiger partial charge in [0.15, 0.2) is 0 Å². The highest BCUT2D eigenvalue weighted by Crippen LogP contribution is 2.32. The van der Waals surface area contributed by atoms with Crippen LogP contribution in [0, 0.1) is 0 Å². The molecule has 2 aromatic carbocycles. The van der Waals surface area contributed by atoms with E-state index in [2.05, 4.69) is 0 Å². The van der Waals surface area contributed by atoms with E-state index < -0.39 is 11.7 Å². The number of ether oxygens (including phenoxy) is 1. The maximum atomic E-state index is 12.6. The van der Waals surface area contributed by atoms with Crippen molar-refractivity contribution >= 4 is 23.9 Å². The zero-order valence-electron chi connectivity index (χ0n) is 12.9. The van der Waals surface area contributed by atoms with Crippen LogP contribution in [0.25, 0.3) is 0 Å². The van der Waals surface area contributed by atoms with Crippen LogP contribution in [0.1, 0.15) is 5.56 Å². The maximum absolute atomic E-state index is 12.6. The first-order valence-corrected chi connectivity index (χ1v) is 7.37. The number of hydrogen-bond acceptors (Lipinski definition) is 3. The number of carbonyl (C=O) groups is 2. The first-order chi connectivity index (χ1) is 11.9. The lowest BCUT2D eigenvalue weighted by Gasteiger charge is -2.19. The Morgan fingerprint density at radius 1 is 0.960 bits per heavy atom. The molecule has 1 saturated heterocycles. The van der Waals surface area contributed by atoms with E-state index >= 15 is 0 Å². The van der Waals surface area contributed by atoms with Crippen molar-refractivity contribution in [2.24, 2.45) is 0 Å². The van der Waals surface area contributed by atoms with Gasteiger partial charge in [0.1, 0.15) is 5.75 Å². The number of anilines is 2. The monoisotopic (exact) mass is 350 g/mol. The van der Waals surface area contributed by atoms with Gasteiger partial charge in [0.25, 0.3) is 6.47 Å². The van der Waals surface area contributed by atoms with Gasteiger partial charge in [0.2, 0.25) is 0 Å². The molecule has 1 aliphatic rings.